The minimum absolute atomic E-state index is 0.0214. The summed E-state index contributed by atoms with van der Waals surface area (Å²) in [7, 11) is 0. The molecule has 0 heterocycles. The van der Waals surface area contributed by atoms with E-state index < -0.39 is 12.1 Å². The molecule has 3 N–H and O–H groups in total. The molecule has 0 aliphatic heterocycles. The maximum absolute atomic E-state index is 12.5. The zero-order valence-corrected chi connectivity index (χ0v) is 50.4. The van der Waals surface area contributed by atoms with Gasteiger partial charge in [-0.25, -0.2) is 0 Å². The first-order valence-corrected chi connectivity index (χ1v) is 34.0. The third-order valence-corrected chi connectivity index (χ3v) is 16.1. The number of ether oxygens (including phenoxy) is 1. The molecule has 0 fully saturated rings. The number of hydrogen-bond acceptors (Lipinski definition) is 5. The second-order valence-corrected chi connectivity index (χ2v) is 23.5. The Morgan fingerprint density at radius 2 is 0.622 bits per heavy atom. The van der Waals surface area contributed by atoms with E-state index in [1.54, 1.807) is 6.08 Å². The van der Waals surface area contributed by atoms with Gasteiger partial charge >= 0.3 is 5.97 Å². The van der Waals surface area contributed by atoms with E-state index in [0.717, 1.165) is 38.5 Å². The van der Waals surface area contributed by atoms with Gasteiger partial charge < -0.3 is 20.3 Å². The first-order valence-electron chi connectivity index (χ1n) is 34.0. The number of nitrogens with one attached hydrogen (secondary N) is 1. The number of carbonyl (C=O) groups is 2. The zero-order valence-electron chi connectivity index (χ0n) is 50.4. The van der Waals surface area contributed by atoms with Crippen LogP contribution in [0.3, 0.4) is 0 Å². The first-order chi connectivity index (χ1) is 36.5. The topological polar surface area (TPSA) is 95.9 Å². The summed E-state index contributed by atoms with van der Waals surface area (Å²) in [6.07, 6.45) is 78.6. The lowest BCUT2D eigenvalue weighted by Gasteiger charge is -2.20. The van der Waals surface area contributed by atoms with Crippen LogP contribution in [0, 0.1) is 0 Å². The van der Waals surface area contributed by atoms with E-state index in [4.69, 9.17) is 4.74 Å². The molecule has 0 saturated carbocycles. The van der Waals surface area contributed by atoms with Crippen molar-refractivity contribution in [2.45, 2.75) is 398 Å². The van der Waals surface area contributed by atoms with Gasteiger partial charge in [0.25, 0.3) is 0 Å². The maximum atomic E-state index is 12.5. The van der Waals surface area contributed by atoms with Crippen molar-refractivity contribution in [2.24, 2.45) is 0 Å². The molecule has 0 aromatic rings. The van der Waals surface area contributed by atoms with Crippen molar-refractivity contribution in [2.75, 3.05) is 13.2 Å². The molecular weight excluding hydrogens is 911 g/mol. The lowest BCUT2D eigenvalue weighted by Crippen LogP contribution is -2.45. The quantitative estimate of drug-likeness (QED) is 0.0320. The van der Waals surface area contributed by atoms with Gasteiger partial charge in [-0.2, -0.15) is 0 Å². The van der Waals surface area contributed by atoms with Crippen LogP contribution >= 0.6 is 0 Å². The Bertz CT molecular complexity index is 1110. The van der Waals surface area contributed by atoms with E-state index in [0.29, 0.717) is 19.4 Å². The smallest absolute Gasteiger partial charge is 0.305 e. The Labute approximate surface area is 463 Å². The summed E-state index contributed by atoms with van der Waals surface area (Å²) in [6.45, 7) is 4.94. The van der Waals surface area contributed by atoms with E-state index in [1.807, 2.05) is 6.08 Å². The number of unbranched alkanes of at least 4 members (excludes halogenated alkanes) is 53. The van der Waals surface area contributed by atoms with Crippen molar-refractivity contribution >= 4 is 11.9 Å². The molecule has 0 saturated heterocycles. The molecule has 0 aromatic heterocycles. The molecule has 0 aromatic carbocycles. The Morgan fingerprint density at radius 1 is 0.365 bits per heavy atom. The summed E-state index contributed by atoms with van der Waals surface area (Å²) in [5.74, 6) is -0.0403. The van der Waals surface area contributed by atoms with Crippen LogP contribution in [0.15, 0.2) is 12.2 Å². The van der Waals surface area contributed by atoms with Crippen LogP contribution in [0.4, 0.5) is 0 Å². The number of aliphatic hydroxyl groups is 2. The van der Waals surface area contributed by atoms with Crippen molar-refractivity contribution in [3.05, 3.63) is 12.2 Å². The molecule has 0 rings (SSSR count). The van der Waals surface area contributed by atoms with Gasteiger partial charge in [-0.1, -0.05) is 353 Å². The number of allylic oxidation sites excluding steroid dienone is 1. The van der Waals surface area contributed by atoms with Crippen LogP contribution in [-0.4, -0.2) is 47.4 Å². The average molecular weight is 1040 g/mol. The maximum Gasteiger partial charge on any atom is 0.305 e. The molecule has 2 unspecified atom stereocenters. The molecule has 0 spiro atoms. The predicted octanol–water partition coefficient (Wildman–Crippen LogP) is 21.6. The summed E-state index contributed by atoms with van der Waals surface area (Å²) in [5, 5.41) is 23.2. The average Bonchev–Trinajstić information content (AvgIpc) is 3.40. The van der Waals surface area contributed by atoms with Gasteiger partial charge in [0.1, 0.15) is 0 Å². The van der Waals surface area contributed by atoms with Gasteiger partial charge in [0, 0.05) is 12.8 Å². The normalized spacial score (nSPS) is 12.5. The molecule has 6 nitrogen and oxygen atoms in total. The molecule has 6 heteroatoms. The Hall–Kier alpha value is -1.40. The monoisotopic (exact) mass is 1040 g/mol. The standard InChI is InChI=1S/C68H133NO5/c1-3-5-7-9-11-13-15-17-33-37-40-44-48-52-56-60-66(71)65(64-70)69-67(72)61-57-53-49-45-41-38-34-31-29-27-25-23-21-19-18-20-22-24-26-28-30-32-35-39-43-47-51-55-59-63-74-68(73)62-58-54-50-46-42-36-16-14-12-10-8-6-4-2/h56,60,65-66,70-71H,3-55,57-59,61-64H2,1-2H3,(H,69,72)/b60-56+. The lowest BCUT2D eigenvalue weighted by atomic mass is 10.0. The molecular formula is C68H133NO5. The molecule has 0 aliphatic carbocycles. The molecule has 1 amide bonds. The molecule has 2 atom stereocenters. The minimum atomic E-state index is -0.841. The lowest BCUT2D eigenvalue weighted by molar-refractivity contribution is -0.143. The minimum Gasteiger partial charge on any atom is -0.466 e. The van der Waals surface area contributed by atoms with Gasteiger partial charge in [0.2, 0.25) is 5.91 Å². The summed E-state index contributed by atoms with van der Waals surface area (Å²) < 4.78 is 5.49. The third kappa shape index (κ3) is 59.8. The van der Waals surface area contributed by atoms with Gasteiger partial charge in [-0.05, 0) is 32.1 Å². The largest absolute Gasteiger partial charge is 0.466 e. The van der Waals surface area contributed by atoms with Crippen molar-refractivity contribution in [1.82, 2.24) is 5.32 Å². The van der Waals surface area contributed by atoms with Gasteiger partial charge in [0.05, 0.1) is 25.4 Å². The van der Waals surface area contributed by atoms with Crippen molar-refractivity contribution in [3.8, 4) is 0 Å². The first kappa shape index (κ1) is 72.6. The zero-order chi connectivity index (χ0) is 53.6. The summed E-state index contributed by atoms with van der Waals surface area (Å²) >= 11 is 0. The third-order valence-electron chi connectivity index (χ3n) is 16.1. The van der Waals surface area contributed by atoms with Crippen LogP contribution in [-0.2, 0) is 14.3 Å². The predicted molar refractivity (Wildman–Crippen MR) is 324 cm³/mol. The summed E-state index contributed by atoms with van der Waals surface area (Å²) in [6, 6.07) is -0.624. The van der Waals surface area contributed by atoms with E-state index in [9.17, 15) is 19.8 Å². The fraction of sp³-hybridized carbons (Fsp3) is 0.941. The second-order valence-electron chi connectivity index (χ2n) is 23.5. The van der Waals surface area contributed by atoms with E-state index >= 15 is 0 Å². The molecule has 0 aliphatic rings. The molecule has 0 radical (unpaired) electrons. The van der Waals surface area contributed by atoms with E-state index in [2.05, 4.69) is 19.2 Å². The van der Waals surface area contributed by atoms with Crippen molar-refractivity contribution in [1.29, 1.82) is 0 Å². The fourth-order valence-electron chi connectivity index (χ4n) is 10.9. The number of amides is 1. The Kier molecular flexibility index (Phi) is 62.9. The number of carbonyl (C=O) groups excluding carboxylic acids is 2. The highest BCUT2D eigenvalue weighted by molar-refractivity contribution is 5.76. The van der Waals surface area contributed by atoms with Crippen LogP contribution < -0.4 is 5.32 Å². The van der Waals surface area contributed by atoms with Crippen LogP contribution in [0.2, 0.25) is 0 Å². The van der Waals surface area contributed by atoms with Gasteiger partial charge in [-0.3, -0.25) is 9.59 Å². The second kappa shape index (κ2) is 64.1. The molecule has 440 valence electrons. The van der Waals surface area contributed by atoms with Gasteiger partial charge in [0.15, 0.2) is 0 Å². The Balaban J connectivity index is 3.34. The summed E-state index contributed by atoms with van der Waals surface area (Å²) in [5.41, 5.74) is 0. The van der Waals surface area contributed by atoms with Crippen molar-refractivity contribution in [3.63, 3.8) is 0 Å². The number of esters is 1. The summed E-state index contributed by atoms with van der Waals surface area (Å²) in [4.78, 5) is 24.5. The molecule has 0 bridgehead atoms. The molecule has 74 heavy (non-hydrogen) atoms. The SMILES string of the molecule is CCCCCCCCCCCCCCC/C=C/C(O)C(CO)NC(=O)CCCCCCCCCCCCCCCCCCCCCCCCCCCCCCCOC(=O)CCCCCCCCCCCCCCC. The van der Waals surface area contributed by atoms with Crippen molar-refractivity contribution < 1.29 is 24.5 Å². The van der Waals surface area contributed by atoms with Crippen LogP contribution in [0.1, 0.15) is 386 Å². The Morgan fingerprint density at radius 3 is 0.919 bits per heavy atom. The number of rotatable bonds is 64. The van der Waals surface area contributed by atoms with Crippen LogP contribution in [0.5, 0.6) is 0 Å². The van der Waals surface area contributed by atoms with Crippen LogP contribution in [0.25, 0.3) is 0 Å². The number of hydrogen-bond donors (Lipinski definition) is 3. The van der Waals surface area contributed by atoms with Gasteiger partial charge in [-0.15, -0.1) is 0 Å². The highest BCUT2D eigenvalue weighted by atomic mass is 16.5. The number of aliphatic hydroxyl groups excluding tert-OH is 2. The van der Waals surface area contributed by atoms with E-state index in [1.165, 1.54) is 321 Å². The fourth-order valence-corrected chi connectivity index (χ4v) is 10.9. The highest BCUT2D eigenvalue weighted by Crippen LogP contribution is 2.19. The van der Waals surface area contributed by atoms with E-state index in [-0.39, 0.29) is 18.5 Å². The highest BCUT2D eigenvalue weighted by Gasteiger charge is 2.18.